The molecule has 7 heteroatoms. The smallest absolute Gasteiger partial charge is 0.243 e. The number of pyridine rings is 1. The van der Waals surface area contributed by atoms with Gasteiger partial charge in [0.2, 0.25) is 15.9 Å². The number of fused-ring (bicyclic) bond motifs is 1. The number of sulfonamides is 1. The van der Waals surface area contributed by atoms with Gasteiger partial charge >= 0.3 is 0 Å². The number of aromatic nitrogens is 1. The van der Waals surface area contributed by atoms with Crippen LogP contribution in [0.4, 0.5) is 0 Å². The first-order chi connectivity index (χ1) is 14.9. The van der Waals surface area contributed by atoms with Crippen LogP contribution in [0.5, 0.6) is 0 Å². The Bertz CT molecular complexity index is 1180. The highest BCUT2D eigenvalue weighted by molar-refractivity contribution is 7.89. The van der Waals surface area contributed by atoms with E-state index in [1.165, 1.54) is 0 Å². The predicted molar refractivity (Wildman–Crippen MR) is 121 cm³/mol. The van der Waals surface area contributed by atoms with E-state index in [2.05, 4.69) is 15.0 Å². The fourth-order valence-corrected chi connectivity index (χ4v) is 5.80. The van der Waals surface area contributed by atoms with Gasteiger partial charge in [-0.3, -0.25) is 9.78 Å². The lowest BCUT2D eigenvalue weighted by atomic mass is 9.82. The molecule has 0 atom stereocenters. The van der Waals surface area contributed by atoms with Crippen molar-refractivity contribution in [1.29, 1.82) is 0 Å². The van der Waals surface area contributed by atoms with Gasteiger partial charge in [0.15, 0.2) is 0 Å². The molecule has 162 valence electrons. The molecule has 1 saturated carbocycles. The quantitative estimate of drug-likeness (QED) is 0.613. The Morgan fingerprint density at radius 3 is 2.45 bits per heavy atom. The number of carbonyl (C=O) groups is 1. The highest BCUT2D eigenvalue weighted by atomic mass is 32.2. The molecule has 1 fully saturated rings. The van der Waals surface area contributed by atoms with Crippen molar-refractivity contribution in [2.24, 2.45) is 0 Å². The molecule has 1 aromatic heterocycles. The number of para-hydroxylation sites is 1. The summed E-state index contributed by atoms with van der Waals surface area (Å²) in [4.78, 5) is 17.6. The van der Waals surface area contributed by atoms with Crippen LogP contribution in [0.2, 0.25) is 0 Å². The summed E-state index contributed by atoms with van der Waals surface area (Å²) >= 11 is 0. The fraction of sp³-hybridized carbons (Fsp3) is 0.333. The van der Waals surface area contributed by atoms with E-state index in [0.29, 0.717) is 24.9 Å². The Balaban J connectivity index is 1.61. The largest absolute Gasteiger partial charge is 0.350 e. The maximum atomic E-state index is 13.4. The number of nitrogens with one attached hydrogen (secondary N) is 2. The molecule has 1 aliphatic carbocycles. The summed E-state index contributed by atoms with van der Waals surface area (Å²) in [6, 6.07) is 16.6. The summed E-state index contributed by atoms with van der Waals surface area (Å²) in [5, 5.41) is 3.70. The topological polar surface area (TPSA) is 88.2 Å². The monoisotopic (exact) mass is 437 g/mol. The van der Waals surface area contributed by atoms with E-state index in [9.17, 15) is 13.2 Å². The molecule has 0 aliphatic heterocycles. The minimum absolute atomic E-state index is 0.0990. The summed E-state index contributed by atoms with van der Waals surface area (Å²) in [5.74, 6) is -0.274. The molecule has 2 aromatic carbocycles. The van der Waals surface area contributed by atoms with Gasteiger partial charge in [0.25, 0.3) is 0 Å². The number of carbonyl (C=O) groups excluding carboxylic acids is 1. The first kappa shape index (κ1) is 21.5. The third kappa shape index (κ3) is 4.62. The van der Waals surface area contributed by atoms with Crippen molar-refractivity contribution in [2.75, 3.05) is 0 Å². The normalized spacial score (nSPS) is 16.2. The zero-order valence-corrected chi connectivity index (χ0v) is 18.4. The summed E-state index contributed by atoms with van der Waals surface area (Å²) < 4.78 is 29.6. The molecule has 0 radical (unpaired) electrons. The lowest BCUT2D eigenvalue weighted by Crippen LogP contribution is -2.59. The van der Waals surface area contributed by atoms with E-state index >= 15 is 0 Å². The zero-order valence-electron chi connectivity index (χ0n) is 17.6. The van der Waals surface area contributed by atoms with Gasteiger partial charge in [-0.2, -0.15) is 4.72 Å². The Morgan fingerprint density at radius 1 is 1.00 bits per heavy atom. The third-order valence-corrected chi connectivity index (χ3v) is 7.50. The SMILES string of the molecule is Cc1ccc(CNC(=O)C2(NS(=O)(=O)c3cccc4cccnc34)CCCCC2)cc1. The number of benzene rings is 2. The minimum Gasteiger partial charge on any atom is -0.350 e. The van der Waals surface area contributed by atoms with E-state index in [4.69, 9.17) is 0 Å². The molecular weight excluding hydrogens is 410 g/mol. The molecule has 1 heterocycles. The van der Waals surface area contributed by atoms with Gasteiger partial charge in [-0.05, 0) is 37.5 Å². The molecule has 0 saturated heterocycles. The van der Waals surface area contributed by atoms with Crippen molar-refractivity contribution < 1.29 is 13.2 Å². The molecule has 1 amide bonds. The van der Waals surface area contributed by atoms with Crippen molar-refractivity contribution in [2.45, 2.75) is 56.0 Å². The van der Waals surface area contributed by atoms with Crippen LogP contribution in [0, 0.1) is 6.92 Å². The number of aryl methyl sites for hydroxylation is 1. The molecule has 6 nitrogen and oxygen atoms in total. The Labute approximate surface area is 183 Å². The minimum atomic E-state index is -3.95. The average molecular weight is 438 g/mol. The highest BCUT2D eigenvalue weighted by Gasteiger charge is 2.43. The molecule has 4 rings (SSSR count). The molecule has 0 bridgehead atoms. The van der Waals surface area contributed by atoms with Crippen molar-refractivity contribution in [3.63, 3.8) is 0 Å². The van der Waals surface area contributed by atoms with Crippen LogP contribution >= 0.6 is 0 Å². The maximum Gasteiger partial charge on any atom is 0.243 e. The van der Waals surface area contributed by atoms with Crippen molar-refractivity contribution in [3.05, 3.63) is 71.9 Å². The summed E-state index contributed by atoms with van der Waals surface area (Å²) in [5.41, 5.74) is 1.38. The van der Waals surface area contributed by atoms with Gasteiger partial charge in [0.05, 0.1) is 5.52 Å². The number of hydrogen-bond acceptors (Lipinski definition) is 4. The molecule has 3 aromatic rings. The first-order valence-corrected chi connectivity index (χ1v) is 12.1. The standard InChI is InChI=1S/C24H27N3O3S/c1-18-10-12-19(13-11-18)17-26-23(28)24(14-3-2-4-15-24)27-31(29,30)21-9-5-7-20-8-6-16-25-22(20)21/h5-13,16,27H,2-4,14-15,17H2,1H3,(H,26,28). The molecule has 31 heavy (non-hydrogen) atoms. The second-order valence-electron chi connectivity index (χ2n) is 8.25. The predicted octanol–water partition coefficient (Wildman–Crippen LogP) is 3.84. The molecule has 1 aliphatic rings. The van der Waals surface area contributed by atoms with Gasteiger partial charge in [0.1, 0.15) is 10.4 Å². The van der Waals surface area contributed by atoms with Crippen LogP contribution in [-0.2, 0) is 21.4 Å². The third-order valence-electron chi connectivity index (χ3n) is 5.93. The van der Waals surface area contributed by atoms with Gasteiger partial charge < -0.3 is 5.32 Å². The van der Waals surface area contributed by atoms with E-state index in [1.807, 2.05) is 43.3 Å². The maximum absolute atomic E-state index is 13.4. The van der Waals surface area contributed by atoms with Crippen LogP contribution in [-0.4, -0.2) is 24.8 Å². The van der Waals surface area contributed by atoms with E-state index in [-0.39, 0.29) is 10.8 Å². The number of nitrogens with zero attached hydrogens (tertiary/aromatic N) is 1. The Kier molecular flexibility index (Phi) is 6.07. The van der Waals surface area contributed by atoms with Gasteiger partial charge in [-0.1, -0.05) is 67.3 Å². The van der Waals surface area contributed by atoms with Gasteiger partial charge in [0, 0.05) is 18.1 Å². The van der Waals surface area contributed by atoms with Crippen LogP contribution in [0.25, 0.3) is 10.9 Å². The second-order valence-corrected chi connectivity index (χ2v) is 9.90. The van der Waals surface area contributed by atoms with Crippen molar-refractivity contribution >= 4 is 26.8 Å². The Morgan fingerprint density at radius 2 is 1.71 bits per heavy atom. The summed E-state index contributed by atoms with van der Waals surface area (Å²) in [6.07, 6.45) is 5.12. The molecule has 2 N–H and O–H groups in total. The average Bonchev–Trinajstić information content (AvgIpc) is 2.78. The highest BCUT2D eigenvalue weighted by Crippen LogP contribution is 2.31. The molecular formula is C24H27N3O3S. The van der Waals surface area contributed by atoms with E-state index in [1.54, 1.807) is 24.4 Å². The van der Waals surface area contributed by atoms with Crippen molar-refractivity contribution in [3.8, 4) is 0 Å². The lowest BCUT2D eigenvalue weighted by Gasteiger charge is -2.36. The zero-order chi connectivity index (χ0) is 21.9. The van der Waals surface area contributed by atoms with Crippen LogP contribution in [0.1, 0.15) is 43.2 Å². The van der Waals surface area contributed by atoms with Crippen LogP contribution in [0.3, 0.4) is 0 Å². The summed E-state index contributed by atoms with van der Waals surface area (Å²) in [6.45, 7) is 2.37. The molecule has 0 unspecified atom stereocenters. The lowest BCUT2D eigenvalue weighted by molar-refractivity contribution is -0.128. The fourth-order valence-electron chi connectivity index (χ4n) is 4.19. The number of amides is 1. The van der Waals surface area contributed by atoms with Crippen LogP contribution in [0.15, 0.2) is 65.7 Å². The molecule has 0 spiro atoms. The number of hydrogen-bond donors (Lipinski definition) is 2. The summed E-state index contributed by atoms with van der Waals surface area (Å²) in [7, 11) is -3.95. The van der Waals surface area contributed by atoms with Crippen LogP contribution < -0.4 is 10.0 Å². The van der Waals surface area contributed by atoms with Gasteiger partial charge in [-0.25, -0.2) is 8.42 Å². The second kappa shape index (κ2) is 8.77. The number of rotatable bonds is 6. The van der Waals surface area contributed by atoms with E-state index < -0.39 is 15.6 Å². The van der Waals surface area contributed by atoms with Crippen molar-refractivity contribution in [1.82, 2.24) is 15.0 Å². The van der Waals surface area contributed by atoms with E-state index in [0.717, 1.165) is 35.8 Å². The first-order valence-electron chi connectivity index (χ1n) is 10.6. The van der Waals surface area contributed by atoms with Gasteiger partial charge in [-0.15, -0.1) is 0 Å². The Hall–Kier alpha value is -2.77.